The summed E-state index contributed by atoms with van der Waals surface area (Å²) < 4.78 is 33.2. The molecule has 3 fully saturated rings. The third-order valence-electron chi connectivity index (χ3n) is 10.9. The number of likely N-dealkylation sites (tertiary alicyclic amines) is 1. The molecule has 2 amide bonds. The molecule has 53 heavy (non-hydrogen) atoms. The van der Waals surface area contributed by atoms with Gasteiger partial charge >= 0.3 is 6.61 Å². The molecule has 1 aliphatic carbocycles. The minimum Gasteiger partial charge on any atom is -0.434 e. The van der Waals surface area contributed by atoms with Crippen LogP contribution in [0.15, 0.2) is 42.9 Å². The van der Waals surface area contributed by atoms with E-state index in [0.717, 1.165) is 45.1 Å². The Morgan fingerprint density at radius 3 is 2.62 bits per heavy atom. The summed E-state index contributed by atoms with van der Waals surface area (Å²) in [6, 6.07) is 8.97. The molecule has 0 spiro atoms. The van der Waals surface area contributed by atoms with Crippen LogP contribution < -0.4 is 15.0 Å². The van der Waals surface area contributed by atoms with Gasteiger partial charge in [0.25, 0.3) is 5.91 Å². The van der Waals surface area contributed by atoms with Crippen molar-refractivity contribution in [3.63, 3.8) is 0 Å². The normalized spacial score (nSPS) is 18.4. The quantitative estimate of drug-likeness (QED) is 0.182. The second-order valence-electron chi connectivity index (χ2n) is 14.3. The standard InChI is InChI=1S/C37H42ClF2N9O3S/c1-46(23-37(22-41)12-3-2-4-13-37)26-10-18-47(19-11-26)34(51)24-8-16-48(17-9-24)36-44-30(27-20-25(38)6-7-29(27)52-35(39)40)33(53-36)45-32(50)28-21-43-49-15-5-14-42-31(28)49/h5-7,14-15,20-21,24,26,35H,2-4,8-13,16-19,23H2,1H3,(H,45,50). The molecule has 1 saturated carbocycles. The summed E-state index contributed by atoms with van der Waals surface area (Å²) in [5.74, 6) is -0.571. The molecular formula is C37H42ClF2N9O3S. The number of carbonyl (C=O) groups excluding carboxylic acids is 2. The first-order valence-corrected chi connectivity index (χ1v) is 19.3. The van der Waals surface area contributed by atoms with Crippen molar-refractivity contribution in [3.05, 3.63) is 53.4 Å². The number of alkyl halides is 2. The fourth-order valence-corrected chi connectivity index (χ4v) is 9.20. The van der Waals surface area contributed by atoms with Gasteiger partial charge in [-0.2, -0.15) is 19.1 Å². The predicted molar refractivity (Wildman–Crippen MR) is 198 cm³/mol. The number of aromatic nitrogens is 4. The van der Waals surface area contributed by atoms with E-state index in [1.165, 1.54) is 46.7 Å². The Hall–Kier alpha value is -4.39. The zero-order chi connectivity index (χ0) is 37.1. The van der Waals surface area contributed by atoms with E-state index in [2.05, 4.69) is 38.3 Å². The number of hydrogen-bond acceptors (Lipinski definition) is 10. The molecule has 12 nitrogen and oxygen atoms in total. The molecule has 2 aliphatic heterocycles. The number of hydrogen-bond donors (Lipinski definition) is 1. The molecule has 5 heterocycles. The number of amides is 2. The number of fused-ring (bicyclic) bond motifs is 1. The van der Waals surface area contributed by atoms with Crippen LogP contribution in [-0.2, 0) is 4.79 Å². The van der Waals surface area contributed by atoms with E-state index in [1.807, 2.05) is 4.90 Å². The smallest absolute Gasteiger partial charge is 0.387 e. The molecular weight excluding hydrogens is 724 g/mol. The van der Waals surface area contributed by atoms with Crippen molar-refractivity contribution in [2.45, 2.75) is 70.4 Å². The van der Waals surface area contributed by atoms with Gasteiger partial charge in [0.15, 0.2) is 10.8 Å². The van der Waals surface area contributed by atoms with E-state index in [4.69, 9.17) is 21.3 Å². The summed E-state index contributed by atoms with van der Waals surface area (Å²) in [5.41, 5.74) is 0.772. The van der Waals surface area contributed by atoms with E-state index in [1.54, 1.807) is 18.5 Å². The second-order valence-corrected chi connectivity index (χ2v) is 15.7. The number of nitrogens with one attached hydrogen (secondary N) is 1. The number of anilines is 2. The lowest BCUT2D eigenvalue weighted by Crippen LogP contribution is -2.50. The highest BCUT2D eigenvalue weighted by molar-refractivity contribution is 7.20. The lowest BCUT2D eigenvalue weighted by molar-refractivity contribution is -0.137. The molecule has 3 aromatic heterocycles. The molecule has 1 aromatic carbocycles. The lowest BCUT2D eigenvalue weighted by Gasteiger charge is -2.42. The third kappa shape index (κ3) is 8.10. The van der Waals surface area contributed by atoms with Crippen molar-refractivity contribution in [1.29, 1.82) is 5.26 Å². The summed E-state index contributed by atoms with van der Waals surface area (Å²) in [4.78, 5) is 42.8. The fourth-order valence-electron chi connectivity index (χ4n) is 8.00. The van der Waals surface area contributed by atoms with Gasteiger partial charge in [0.05, 0.1) is 17.7 Å². The molecule has 0 unspecified atom stereocenters. The Morgan fingerprint density at radius 1 is 1.15 bits per heavy atom. The van der Waals surface area contributed by atoms with Crippen LogP contribution in [0, 0.1) is 22.7 Å². The highest BCUT2D eigenvalue weighted by Crippen LogP contribution is 2.44. The number of rotatable bonds is 10. The number of nitriles is 1. The Morgan fingerprint density at radius 2 is 1.91 bits per heavy atom. The van der Waals surface area contributed by atoms with Crippen LogP contribution in [0.2, 0.25) is 5.02 Å². The number of carbonyl (C=O) groups is 2. The minimum absolute atomic E-state index is 0.120. The van der Waals surface area contributed by atoms with Gasteiger partial charge in [0.2, 0.25) is 5.91 Å². The maximum Gasteiger partial charge on any atom is 0.387 e. The topological polar surface area (TPSA) is 132 Å². The Labute approximate surface area is 315 Å². The first kappa shape index (κ1) is 36.9. The van der Waals surface area contributed by atoms with Gasteiger partial charge in [-0.15, -0.1) is 0 Å². The summed E-state index contributed by atoms with van der Waals surface area (Å²) >= 11 is 7.52. The molecule has 16 heteroatoms. The van der Waals surface area contributed by atoms with Crippen molar-refractivity contribution >= 4 is 50.5 Å². The first-order valence-electron chi connectivity index (χ1n) is 18.1. The Bertz CT molecular complexity index is 1980. The Balaban J connectivity index is 1.03. The molecule has 1 N–H and O–H groups in total. The molecule has 0 atom stereocenters. The minimum atomic E-state index is -3.09. The van der Waals surface area contributed by atoms with Crippen molar-refractivity contribution < 1.29 is 23.1 Å². The predicted octanol–water partition coefficient (Wildman–Crippen LogP) is 6.97. The monoisotopic (exact) mass is 765 g/mol. The Kier molecular flexibility index (Phi) is 11.1. The van der Waals surface area contributed by atoms with Gasteiger partial charge in [-0.05, 0) is 69.8 Å². The highest BCUT2D eigenvalue weighted by Gasteiger charge is 2.37. The number of nitrogens with zero attached hydrogens (tertiary/aromatic N) is 8. The molecule has 0 bridgehead atoms. The van der Waals surface area contributed by atoms with Gasteiger partial charge < -0.3 is 24.8 Å². The van der Waals surface area contributed by atoms with Gasteiger partial charge in [-0.3, -0.25) is 9.59 Å². The van der Waals surface area contributed by atoms with Gasteiger partial charge in [-0.25, -0.2) is 14.5 Å². The van der Waals surface area contributed by atoms with Crippen molar-refractivity contribution in [2.75, 3.05) is 50.0 Å². The average Bonchev–Trinajstić information content (AvgIpc) is 3.80. The zero-order valence-corrected chi connectivity index (χ0v) is 31.1. The van der Waals surface area contributed by atoms with Crippen LogP contribution in [0.3, 0.4) is 0 Å². The van der Waals surface area contributed by atoms with E-state index in [9.17, 15) is 23.6 Å². The van der Waals surface area contributed by atoms with E-state index < -0.39 is 12.5 Å². The van der Waals surface area contributed by atoms with Crippen LogP contribution in [0.25, 0.3) is 16.9 Å². The second kappa shape index (κ2) is 15.9. The third-order valence-corrected chi connectivity index (χ3v) is 12.2. The number of benzene rings is 1. The summed E-state index contributed by atoms with van der Waals surface area (Å²) in [5, 5.41) is 18.2. The molecule has 2 saturated heterocycles. The maximum absolute atomic E-state index is 13.7. The van der Waals surface area contributed by atoms with Gasteiger partial charge in [0, 0.05) is 67.7 Å². The lowest BCUT2D eigenvalue weighted by atomic mass is 9.74. The van der Waals surface area contributed by atoms with E-state index in [0.29, 0.717) is 60.8 Å². The van der Waals surface area contributed by atoms with Crippen molar-refractivity contribution in [1.82, 2.24) is 29.4 Å². The summed E-state index contributed by atoms with van der Waals surface area (Å²) in [6.45, 7) is 0.228. The van der Waals surface area contributed by atoms with E-state index >= 15 is 0 Å². The van der Waals surface area contributed by atoms with Gasteiger partial charge in [-0.1, -0.05) is 42.2 Å². The van der Waals surface area contributed by atoms with Crippen LogP contribution >= 0.6 is 22.9 Å². The summed E-state index contributed by atoms with van der Waals surface area (Å²) in [6.07, 6.45) is 13.1. The molecule has 7 rings (SSSR count). The van der Waals surface area contributed by atoms with Crippen LogP contribution in [0.1, 0.15) is 68.1 Å². The molecule has 4 aromatic rings. The molecule has 280 valence electrons. The number of thiazole rings is 1. The van der Waals surface area contributed by atoms with E-state index in [-0.39, 0.29) is 44.8 Å². The first-order chi connectivity index (χ1) is 25.6. The average molecular weight is 766 g/mol. The van der Waals surface area contributed by atoms with Crippen LogP contribution in [0.4, 0.5) is 18.9 Å². The number of ether oxygens (including phenoxy) is 1. The maximum atomic E-state index is 13.7. The van der Waals surface area contributed by atoms with Gasteiger partial charge in [0.1, 0.15) is 22.0 Å². The largest absolute Gasteiger partial charge is 0.434 e. The number of piperidine rings is 2. The molecule has 0 radical (unpaired) electrons. The highest BCUT2D eigenvalue weighted by atomic mass is 35.5. The molecule has 3 aliphatic rings. The summed E-state index contributed by atoms with van der Waals surface area (Å²) in [7, 11) is 2.13. The van der Waals surface area contributed by atoms with Crippen LogP contribution in [0.5, 0.6) is 5.75 Å². The number of halogens is 3. The zero-order valence-electron chi connectivity index (χ0n) is 29.5. The van der Waals surface area contributed by atoms with Crippen molar-refractivity contribution in [2.24, 2.45) is 11.3 Å². The van der Waals surface area contributed by atoms with Crippen molar-refractivity contribution in [3.8, 4) is 23.1 Å². The SMILES string of the molecule is CN(CC1(C#N)CCCCC1)C1CCN(C(=O)C2CCN(c3nc(-c4cc(Cl)ccc4OC(F)F)c(NC(=O)c4cnn5cccnc45)s3)CC2)CC1. The van der Waals surface area contributed by atoms with Crippen LogP contribution in [-0.4, -0.2) is 93.6 Å². The fraction of sp³-hybridized carbons (Fsp3) is 0.514.